The van der Waals surface area contributed by atoms with Gasteiger partial charge in [-0.25, -0.2) is 8.42 Å². The summed E-state index contributed by atoms with van der Waals surface area (Å²) >= 11 is 0. The number of benzene rings is 1. The fourth-order valence-electron chi connectivity index (χ4n) is 2.68. The lowest BCUT2D eigenvalue weighted by atomic mass is 10.1. The van der Waals surface area contributed by atoms with Crippen molar-refractivity contribution in [3.63, 3.8) is 0 Å². The number of nitriles is 1. The van der Waals surface area contributed by atoms with Crippen LogP contribution < -0.4 is 5.73 Å². The van der Waals surface area contributed by atoms with Gasteiger partial charge in [-0.2, -0.15) is 22.7 Å². The lowest BCUT2D eigenvalue weighted by Gasteiger charge is -2.34. The van der Waals surface area contributed by atoms with Crippen LogP contribution in [0.4, 0.5) is 13.2 Å². The number of rotatable bonds is 3. The molecule has 0 aliphatic carbocycles. The van der Waals surface area contributed by atoms with Gasteiger partial charge in [-0.1, -0.05) is 6.42 Å². The Labute approximate surface area is 144 Å². The van der Waals surface area contributed by atoms with Crippen molar-refractivity contribution < 1.29 is 21.6 Å². The van der Waals surface area contributed by atoms with Crippen LogP contribution in [0.3, 0.4) is 0 Å². The number of nitrogens with zero attached hydrogens (tertiary/aromatic N) is 2. The van der Waals surface area contributed by atoms with E-state index in [1.54, 1.807) is 0 Å². The molecule has 1 aromatic rings. The quantitative estimate of drug-likeness (QED) is 0.868. The third kappa shape index (κ3) is 4.00. The Balaban J connectivity index is 0.00000288. The van der Waals surface area contributed by atoms with E-state index in [4.69, 9.17) is 11.0 Å². The minimum Gasteiger partial charge on any atom is -0.329 e. The first-order valence-electron chi connectivity index (χ1n) is 7.05. The molecular formula is C14H17ClF3N3O2S. The van der Waals surface area contributed by atoms with Crippen molar-refractivity contribution in [2.24, 2.45) is 5.73 Å². The van der Waals surface area contributed by atoms with Crippen LogP contribution in [0.2, 0.25) is 0 Å². The van der Waals surface area contributed by atoms with E-state index in [9.17, 15) is 21.6 Å². The Bertz CT molecular complexity index is 732. The Morgan fingerprint density at radius 3 is 2.54 bits per heavy atom. The molecule has 5 nitrogen and oxygen atoms in total. The van der Waals surface area contributed by atoms with Gasteiger partial charge in [0.1, 0.15) is 0 Å². The average Bonchev–Trinajstić information content (AvgIpc) is 2.53. The largest absolute Gasteiger partial charge is 0.417 e. The molecule has 24 heavy (non-hydrogen) atoms. The van der Waals surface area contributed by atoms with Crippen LogP contribution >= 0.6 is 12.4 Å². The Morgan fingerprint density at radius 1 is 1.33 bits per heavy atom. The molecule has 0 aromatic heterocycles. The van der Waals surface area contributed by atoms with E-state index in [0.717, 1.165) is 18.6 Å². The Hall–Kier alpha value is -1.34. The highest BCUT2D eigenvalue weighted by molar-refractivity contribution is 7.89. The maximum atomic E-state index is 12.8. The first-order chi connectivity index (χ1) is 10.7. The van der Waals surface area contributed by atoms with Gasteiger partial charge in [0.15, 0.2) is 0 Å². The fourth-order valence-corrected chi connectivity index (χ4v) is 4.42. The molecule has 1 aliphatic rings. The fraction of sp³-hybridized carbons (Fsp3) is 0.500. The van der Waals surface area contributed by atoms with Crippen molar-refractivity contribution >= 4 is 22.4 Å². The standard InChI is InChI=1S/C14H16F3N3O2S.ClH/c15-14(16,17)13-5-4-12(7-10(13)8-18)23(21,22)20-6-2-1-3-11(20)9-19;/h4-5,7,11H,1-3,6,9,19H2;1H. The van der Waals surface area contributed by atoms with Crippen LogP contribution in [-0.4, -0.2) is 31.9 Å². The molecule has 1 aromatic carbocycles. The average molecular weight is 384 g/mol. The molecule has 1 heterocycles. The maximum Gasteiger partial charge on any atom is 0.417 e. The third-order valence-corrected chi connectivity index (χ3v) is 5.82. The number of sulfonamides is 1. The van der Waals surface area contributed by atoms with E-state index in [-0.39, 0.29) is 36.4 Å². The topological polar surface area (TPSA) is 87.2 Å². The summed E-state index contributed by atoms with van der Waals surface area (Å²) in [5.74, 6) is 0. The predicted molar refractivity (Wildman–Crippen MR) is 84.0 cm³/mol. The Kier molecular flexibility index (Phi) is 6.64. The zero-order valence-corrected chi connectivity index (χ0v) is 14.2. The van der Waals surface area contributed by atoms with Crippen LogP contribution in [0.15, 0.2) is 23.1 Å². The van der Waals surface area contributed by atoms with Crippen molar-refractivity contribution in [3.05, 3.63) is 29.3 Å². The number of halogens is 4. The summed E-state index contributed by atoms with van der Waals surface area (Å²) in [5, 5.41) is 8.90. The zero-order valence-electron chi connectivity index (χ0n) is 12.6. The van der Waals surface area contributed by atoms with Crippen molar-refractivity contribution in [1.29, 1.82) is 5.26 Å². The van der Waals surface area contributed by atoms with Gasteiger partial charge < -0.3 is 5.73 Å². The van der Waals surface area contributed by atoms with Crippen molar-refractivity contribution in [2.45, 2.75) is 36.4 Å². The van der Waals surface area contributed by atoms with Gasteiger partial charge in [0.25, 0.3) is 0 Å². The summed E-state index contributed by atoms with van der Waals surface area (Å²) in [6, 6.07) is 3.34. The minimum absolute atomic E-state index is 0. The number of hydrogen-bond donors (Lipinski definition) is 1. The van der Waals surface area contributed by atoms with Gasteiger partial charge in [-0.15, -0.1) is 12.4 Å². The van der Waals surface area contributed by atoms with Gasteiger partial charge >= 0.3 is 6.18 Å². The number of piperidine rings is 1. The summed E-state index contributed by atoms with van der Waals surface area (Å²) in [6.07, 6.45) is -2.58. The van der Waals surface area contributed by atoms with E-state index in [0.29, 0.717) is 18.9 Å². The Morgan fingerprint density at radius 2 is 2.00 bits per heavy atom. The van der Waals surface area contributed by atoms with E-state index in [1.165, 1.54) is 10.4 Å². The van der Waals surface area contributed by atoms with Crippen LogP contribution in [0.1, 0.15) is 30.4 Å². The van der Waals surface area contributed by atoms with Gasteiger partial charge in [-0.3, -0.25) is 0 Å². The molecule has 2 N–H and O–H groups in total. The predicted octanol–water partition coefficient (Wildman–Crippen LogP) is 2.50. The molecule has 1 unspecified atom stereocenters. The molecule has 0 spiro atoms. The lowest BCUT2D eigenvalue weighted by molar-refractivity contribution is -0.137. The summed E-state index contributed by atoms with van der Waals surface area (Å²) < 4.78 is 65.0. The monoisotopic (exact) mass is 383 g/mol. The zero-order chi connectivity index (χ0) is 17.3. The highest BCUT2D eigenvalue weighted by atomic mass is 35.5. The van der Waals surface area contributed by atoms with E-state index < -0.39 is 27.3 Å². The molecule has 134 valence electrons. The third-order valence-electron chi connectivity index (χ3n) is 3.87. The van der Waals surface area contributed by atoms with Crippen LogP contribution in [0, 0.1) is 11.3 Å². The van der Waals surface area contributed by atoms with Crippen molar-refractivity contribution in [3.8, 4) is 6.07 Å². The molecular weight excluding hydrogens is 367 g/mol. The van der Waals surface area contributed by atoms with Crippen LogP contribution in [0.5, 0.6) is 0 Å². The minimum atomic E-state index is -4.71. The van der Waals surface area contributed by atoms with Crippen LogP contribution in [-0.2, 0) is 16.2 Å². The molecule has 1 saturated heterocycles. The smallest absolute Gasteiger partial charge is 0.329 e. The number of nitrogens with two attached hydrogens (primary N) is 1. The SMILES string of the molecule is Cl.N#Cc1cc(S(=O)(=O)N2CCCCC2CN)ccc1C(F)(F)F. The molecule has 0 saturated carbocycles. The molecule has 2 rings (SSSR count). The number of hydrogen-bond acceptors (Lipinski definition) is 4. The van der Waals surface area contributed by atoms with E-state index in [2.05, 4.69) is 0 Å². The highest BCUT2D eigenvalue weighted by Gasteiger charge is 2.36. The van der Waals surface area contributed by atoms with Crippen LogP contribution in [0.25, 0.3) is 0 Å². The second-order valence-corrected chi connectivity index (χ2v) is 7.21. The van der Waals surface area contributed by atoms with Crippen molar-refractivity contribution in [2.75, 3.05) is 13.1 Å². The summed E-state index contributed by atoms with van der Waals surface area (Å²) in [4.78, 5) is -0.317. The normalized spacial score (nSPS) is 19.4. The van der Waals surface area contributed by atoms with Gasteiger partial charge in [-0.05, 0) is 31.0 Å². The van der Waals surface area contributed by atoms with Gasteiger partial charge in [0.05, 0.1) is 22.1 Å². The molecule has 0 bridgehead atoms. The molecule has 1 atom stereocenters. The molecule has 1 aliphatic heterocycles. The molecule has 1 fully saturated rings. The van der Waals surface area contributed by atoms with Gasteiger partial charge in [0, 0.05) is 19.1 Å². The van der Waals surface area contributed by atoms with Crippen molar-refractivity contribution in [1.82, 2.24) is 4.31 Å². The molecule has 0 amide bonds. The van der Waals surface area contributed by atoms with E-state index in [1.807, 2.05) is 0 Å². The summed E-state index contributed by atoms with van der Waals surface area (Å²) in [6.45, 7) is 0.415. The van der Waals surface area contributed by atoms with Gasteiger partial charge in [0.2, 0.25) is 10.0 Å². The first-order valence-corrected chi connectivity index (χ1v) is 8.49. The number of alkyl halides is 3. The lowest BCUT2D eigenvalue weighted by Crippen LogP contribution is -2.47. The second kappa shape index (κ2) is 7.70. The van der Waals surface area contributed by atoms with E-state index >= 15 is 0 Å². The second-order valence-electron chi connectivity index (χ2n) is 5.32. The molecule has 0 radical (unpaired) electrons. The summed E-state index contributed by atoms with van der Waals surface area (Å²) in [5.41, 5.74) is 3.74. The first kappa shape index (κ1) is 20.7. The highest BCUT2D eigenvalue weighted by Crippen LogP contribution is 2.34. The maximum absolute atomic E-state index is 12.8. The summed E-state index contributed by atoms with van der Waals surface area (Å²) in [7, 11) is -3.98. The molecule has 10 heteroatoms.